The van der Waals surface area contributed by atoms with E-state index in [9.17, 15) is 0 Å². The average molecular weight is 296 g/mol. The third-order valence-corrected chi connectivity index (χ3v) is 5.53. The van der Waals surface area contributed by atoms with Crippen molar-refractivity contribution in [3.63, 3.8) is 0 Å². The van der Waals surface area contributed by atoms with Gasteiger partial charge in [0.1, 0.15) is 0 Å². The van der Waals surface area contributed by atoms with Crippen molar-refractivity contribution in [2.45, 2.75) is 78.2 Å². The quantitative estimate of drug-likeness (QED) is 0.673. The summed E-state index contributed by atoms with van der Waals surface area (Å²) in [5.41, 5.74) is 0.104. The fourth-order valence-electron chi connectivity index (χ4n) is 4.20. The Labute approximate surface area is 132 Å². The van der Waals surface area contributed by atoms with Crippen molar-refractivity contribution in [3.8, 4) is 0 Å². The third-order valence-electron chi connectivity index (χ3n) is 5.53. The number of nitrogens with zero attached hydrogens (tertiary/aromatic N) is 1. The molecule has 0 amide bonds. The molecule has 0 N–H and O–H groups in total. The van der Waals surface area contributed by atoms with Crippen molar-refractivity contribution < 1.29 is 4.74 Å². The molecule has 0 aliphatic carbocycles. The molecule has 2 heteroatoms. The summed E-state index contributed by atoms with van der Waals surface area (Å²) in [5, 5.41) is 0. The molecule has 0 unspecified atom stereocenters. The summed E-state index contributed by atoms with van der Waals surface area (Å²) in [6, 6.07) is 0. The van der Waals surface area contributed by atoms with Gasteiger partial charge in [0, 0.05) is 6.61 Å². The molecule has 2 atom stereocenters. The Balaban J connectivity index is 1.86. The van der Waals surface area contributed by atoms with Crippen LogP contribution in [0.3, 0.4) is 0 Å². The second-order valence-electron chi connectivity index (χ2n) is 8.43. The minimum Gasteiger partial charge on any atom is -0.376 e. The Hall–Kier alpha value is -0.0800. The lowest BCUT2D eigenvalue weighted by Gasteiger charge is -2.40. The fraction of sp³-hybridized carbons (Fsp3) is 1.00. The molecule has 2 saturated heterocycles. The Morgan fingerprint density at radius 3 is 2.43 bits per heavy atom. The summed E-state index contributed by atoms with van der Waals surface area (Å²) in [5.74, 6) is 2.64. The van der Waals surface area contributed by atoms with Gasteiger partial charge in [-0.2, -0.15) is 0 Å². The maximum Gasteiger partial charge on any atom is 0.0629 e. The van der Waals surface area contributed by atoms with E-state index in [0.717, 1.165) is 24.4 Å². The van der Waals surface area contributed by atoms with Gasteiger partial charge in [0.05, 0.1) is 5.60 Å². The van der Waals surface area contributed by atoms with Crippen LogP contribution in [-0.4, -0.2) is 36.7 Å². The molecular formula is C19H37NO. The predicted molar refractivity (Wildman–Crippen MR) is 90.6 cm³/mol. The molecular weight excluding hydrogens is 258 g/mol. The van der Waals surface area contributed by atoms with Gasteiger partial charge < -0.3 is 9.64 Å². The molecule has 2 nitrogen and oxygen atoms in total. The highest BCUT2D eigenvalue weighted by molar-refractivity contribution is 4.84. The number of rotatable bonds is 7. The Morgan fingerprint density at radius 2 is 1.81 bits per heavy atom. The zero-order valence-corrected chi connectivity index (χ0v) is 14.9. The molecule has 2 heterocycles. The van der Waals surface area contributed by atoms with Crippen molar-refractivity contribution in [1.82, 2.24) is 4.90 Å². The van der Waals surface area contributed by atoms with Crippen LogP contribution in [0.4, 0.5) is 0 Å². The molecule has 0 aromatic rings. The minimum absolute atomic E-state index is 0.104. The summed E-state index contributed by atoms with van der Waals surface area (Å²) < 4.78 is 5.94. The van der Waals surface area contributed by atoms with Gasteiger partial charge in [-0.3, -0.25) is 0 Å². The van der Waals surface area contributed by atoms with Gasteiger partial charge in [0.2, 0.25) is 0 Å². The lowest BCUT2D eigenvalue weighted by Crippen LogP contribution is -2.37. The summed E-state index contributed by atoms with van der Waals surface area (Å²) in [4.78, 5) is 2.69. The summed E-state index contributed by atoms with van der Waals surface area (Å²) in [7, 11) is 0. The third kappa shape index (κ3) is 5.90. The van der Waals surface area contributed by atoms with Crippen molar-refractivity contribution in [1.29, 1.82) is 0 Å². The molecule has 0 spiro atoms. The smallest absolute Gasteiger partial charge is 0.0629 e. The van der Waals surface area contributed by atoms with E-state index in [1.165, 1.54) is 64.6 Å². The molecule has 21 heavy (non-hydrogen) atoms. The highest BCUT2D eigenvalue weighted by atomic mass is 16.5. The monoisotopic (exact) mass is 295 g/mol. The fourth-order valence-corrected chi connectivity index (χ4v) is 4.20. The molecule has 2 aliphatic heterocycles. The molecule has 0 saturated carbocycles. The van der Waals surface area contributed by atoms with E-state index in [2.05, 4.69) is 32.6 Å². The van der Waals surface area contributed by atoms with E-state index in [1.54, 1.807) is 0 Å². The molecule has 2 fully saturated rings. The molecule has 2 aliphatic rings. The van der Waals surface area contributed by atoms with Crippen LogP contribution >= 0.6 is 0 Å². The van der Waals surface area contributed by atoms with Crippen molar-refractivity contribution in [2.24, 2.45) is 17.8 Å². The first-order valence-corrected chi connectivity index (χ1v) is 9.32. The molecule has 0 radical (unpaired) electrons. The predicted octanol–water partition coefficient (Wildman–Crippen LogP) is 4.73. The van der Waals surface area contributed by atoms with Crippen LogP contribution in [0.15, 0.2) is 0 Å². The number of likely N-dealkylation sites (tertiary alicyclic amines) is 1. The van der Waals surface area contributed by atoms with Crippen LogP contribution in [0.2, 0.25) is 0 Å². The van der Waals surface area contributed by atoms with E-state index in [-0.39, 0.29) is 5.60 Å². The number of ether oxygens (including phenoxy) is 1. The van der Waals surface area contributed by atoms with Crippen LogP contribution in [0.1, 0.15) is 72.6 Å². The maximum absolute atomic E-state index is 5.94. The maximum atomic E-state index is 5.94. The highest BCUT2D eigenvalue weighted by Crippen LogP contribution is 2.37. The Bertz CT molecular complexity index is 294. The molecule has 0 aromatic heterocycles. The summed E-state index contributed by atoms with van der Waals surface area (Å²) in [6.07, 6.45) is 9.60. The van der Waals surface area contributed by atoms with Crippen LogP contribution in [-0.2, 0) is 4.74 Å². The van der Waals surface area contributed by atoms with Crippen LogP contribution in [0, 0.1) is 17.8 Å². The van der Waals surface area contributed by atoms with Gasteiger partial charge in [0.15, 0.2) is 0 Å². The van der Waals surface area contributed by atoms with Gasteiger partial charge >= 0.3 is 0 Å². The number of hydrogen-bond acceptors (Lipinski definition) is 2. The van der Waals surface area contributed by atoms with Gasteiger partial charge in [0.25, 0.3) is 0 Å². The van der Waals surface area contributed by atoms with E-state index >= 15 is 0 Å². The van der Waals surface area contributed by atoms with E-state index in [1.807, 2.05) is 0 Å². The van der Waals surface area contributed by atoms with Gasteiger partial charge in [-0.1, -0.05) is 20.3 Å². The van der Waals surface area contributed by atoms with E-state index < -0.39 is 0 Å². The first-order chi connectivity index (χ1) is 9.96. The van der Waals surface area contributed by atoms with Crippen molar-refractivity contribution >= 4 is 0 Å². The summed E-state index contributed by atoms with van der Waals surface area (Å²) >= 11 is 0. The van der Waals surface area contributed by atoms with Gasteiger partial charge in [-0.05, 0) is 89.8 Å². The highest BCUT2D eigenvalue weighted by Gasteiger charge is 2.33. The standard InChI is InChI=1S/C19H37NO/c1-16(2)7-8-17(9-13-20-11-5-6-12-20)18-10-14-21-19(3,4)15-18/h16-18H,5-15H2,1-4H3/t17-,18+/m0/s1. The van der Waals surface area contributed by atoms with Crippen molar-refractivity contribution in [3.05, 3.63) is 0 Å². The molecule has 124 valence electrons. The summed E-state index contributed by atoms with van der Waals surface area (Å²) in [6.45, 7) is 14.3. The van der Waals surface area contributed by atoms with E-state index in [4.69, 9.17) is 4.74 Å². The second kappa shape index (κ2) is 7.97. The molecule has 0 aromatic carbocycles. The average Bonchev–Trinajstić information content (AvgIpc) is 2.90. The minimum atomic E-state index is 0.104. The van der Waals surface area contributed by atoms with Crippen LogP contribution in [0.5, 0.6) is 0 Å². The molecule has 0 bridgehead atoms. The molecule has 2 rings (SSSR count). The topological polar surface area (TPSA) is 12.5 Å². The lowest BCUT2D eigenvalue weighted by atomic mass is 9.75. The van der Waals surface area contributed by atoms with Gasteiger partial charge in [-0.25, -0.2) is 0 Å². The SMILES string of the molecule is CC(C)CC[C@@H](CCN1CCCC1)[C@@H]1CCOC(C)(C)C1. The largest absolute Gasteiger partial charge is 0.376 e. The van der Waals surface area contributed by atoms with E-state index in [0.29, 0.717) is 0 Å². The van der Waals surface area contributed by atoms with Gasteiger partial charge in [-0.15, -0.1) is 0 Å². The van der Waals surface area contributed by atoms with Crippen molar-refractivity contribution in [2.75, 3.05) is 26.2 Å². The number of hydrogen-bond donors (Lipinski definition) is 0. The Kier molecular flexibility index (Phi) is 6.55. The zero-order valence-electron chi connectivity index (χ0n) is 14.9. The lowest BCUT2D eigenvalue weighted by molar-refractivity contribution is -0.0844. The first-order valence-electron chi connectivity index (χ1n) is 9.32. The Morgan fingerprint density at radius 1 is 1.10 bits per heavy atom. The second-order valence-corrected chi connectivity index (χ2v) is 8.43. The normalized spacial score (nSPS) is 28.1. The first kappa shape index (κ1) is 17.3. The van der Waals surface area contributed by atoms with Crippen LogP contribution in [0.25, 0.3) is 0 Å². The zero-order chi connectivity index (χ0) is 15.3. The van der Waals surface area contributed by atoms with Crippen LogP contribution < -0.4 is 0 Å².